The second-order valence-corrected chi connectivity index (χ2v) is 5.11. The van der Waals surface area contributed by atoms with Crippen molar-refractivity contribution in [1.82, 2.24) is 9.80 Å². The summed E-state index contributed by atoms with van der Waals surface area (Å²) >= 11 is 0. The number of aliphatic hydroxyl groups is 2. The highest BCUT2D eigenvalue weighted by Gasteiger charge is 2.41. The van der Waals surface area contributed by atoms with Crippen molar-refractivity contribution in [3.63, 3.8) is 0 Å². The molecule has 3 N–H and O–H groups in total. The lowest BCUT2D eigenvalue weighted by atomic mass is 9.87. The van der Waals surface area contributed by atoms with Gasteiger partial charge in [0.2, 0.25) is 0 Å². The molecular weight excluding hydrogens is 240 g/mol. The van der Waals surface area contributed by atoms with Crippen LogP contribution in [0.25, 0.3) is 0 Å². The molecule has 0 bridgehead atoms. The average molecular weight is 258 g/mol. The number of carbonyl (C=O) groups is 2. The first kappa shape index (κ1) is 13.1. The summed E-state index contributed by atoms with van der Waals surface area (Å²) in [4.78, 5) is 25.7. The number of carboxylic acids is 1. The summed E-state index contributed by atoms with van der Waals surface area (Å²) in [7, 11) is 0. The number of rotatable bonds is 2. The van der Waals surface area contributed by atoms with Crippen molar-refractivity contribution in [2.45, 2.75) is 19.1 Å². The van der Waals surface area contributed by atoms with Crippen molar-refractivity contribution >= 4 is 12.0 Å². The normalized spacial score (nSPS) is 30.2. The second kappa shape index (κ2) is 4.74. The maximum absolute atomic E-state index is 11.9. The number of hydrogen-bond donors (Lipinski definition) is 3. The minimum atomic E-state index is -0.885. The first-order chi connectivity index (χ1) is 8.40. The lowest BCUT2D eigenvalue weighted by molar-refractivity contribution is -0.144. The van der Waals surface area contributed by atoms with E-state index >= 15 is 0 Å². The monoisotopic (exact) mass is 258 g/mol. The fraction of sp³-hybridized carbons (Fsp3) is 0.818. The molecule has 2 rings (SSSR count). The number of hydrogen-bond acceptors (Lipinski definition) is 4. The van der Waals surface area contributed by atoms with Gasteiger partial charge in [-0.05, 0) is 0 Å². The third kappa shape index (κ3) is 2.28. The molecule has 2 aliphatic heterocycles. The number of amides is 2. The summed E-state index contributed by atoms with van der Waals surface area (Å²) < 4.78 is 0. The van der Waals surface area contributed by atoms with E-state index in [1.807, 2.05) is 0 Å². The zero-order chi connectivity index (χ0) is 13.4. The van der Waals surface area contributed by atoms with Gasteiger partial charge in [0.1, 0.15) is 0 Å². The van der Waals surface area contributed by atoms with Gasteiger partial charge in [-0.2, -0.15) is 0 Å². The zero-order valence-electron chi connectivity index (χ0n) is 10.2. The van der Waals surface area contributed by atoms with E-state index in [0.717, 1.165) is 0 Å². The first-order valence-corrected chi connectivity index (χ1v) is 6.03. The average Bonchev–Trinajstić information content (AvgIpc) is 2.56. The van der Waals surface area contributed by atoms with Gasteiger partial charge < -0.3 is 25.1 Å². The smallest absolute Gasteiger partial charge is 0.320 e. The van der Waals surface area contributed by atoms with Crippen molar-refractivity contribution in [3.8, 4) is 0 Å². The van der Waals surface area contributed by atoms with E-state index < -0.39 is 24.1 Å². The van der Waals surface area contributed by atoms with Gasteiger partial charge in [0.15, 0.2) is 0 Å². The van der Waals surface area contributed by atoms with Crippen LogP contribution in [-0.2, 0) is 4.79 Å². The third-order valence-electron chi connectivity index (χ3n) is 3.81. The fourth-order valence-electron chi connectivity index (χ4n) is 2.31. The van der Waals surface area contributed by atoms with Crippen molar-refractivity contribution < 1.29 is 24.9 Å². The van der Waals surface area contributed by atoms with Crippen LogP contribution in [0.2, 0.25) is 0 Å². The van der Waals surface area contributed by atoms with Gasteiger partial charge in [0.25, 0.3) is 0 Å². The predicted molar refractivity (Wildman–Crippen MR) is 60.8 cm³/mol. The van der Waals surface area contributed by atoms with E-state index in [2.05, 4.69) is 0 Å². The topological polar surface area (TPSA) is 101 Å². The van der Waals surface area contributed by atoms with Crippen LogP contribution in [0.4, 0.5) is 4.79 Å². The lowest BCUT2D eigenvalue weighted by Gasteiger charge is -2.42. The fourth-order valence-corrected chi connectivity index (χ4v) is 2.31. The molecule has 2 aliphatic rings. The molecule has 0 spiro atoms. The van der Waals surface area contributed by atoms with E-state index in [4.69, 9.17) is 5.11 Å². The summed E-state index contributed by atoms with van der Waals surface area (Å²) in [5.74, 6) is -1.31. The molecule has 0 aromatic carbocycles. The maximum atomic E-state index is 11.9. The first-order valence-electron chi connectivity index (χ1n) is 6.03. The van der Waals surface area contributed by atoms with E-state index in [1.165, 1.54) is 4.90 Å². The van der Waals surface area contributed by atoms with Crippen molar-refractivity contribution in [1.29, 1.82) is 0 Å². The van der Waals surface area contributed by atoms with E-state index in [1.54, 1.807) is 11.8 Å². The molecule has 0 radical (unpaired) electrons. The van der Waals surface area contributed by atoms with E-state index in [-0.39, 0.29) is 25.0 Å². The van der Waals surface area contributed by atoms with Crippen LogP contribution in [0, 0.1) is 11.8 Å². The molecule has 2 heterocycles. The molecule has 3 unspecified atom stereocenters. The van der Waals surface area contributed by atoms with Crippen LogP contribution in [-0.4, -0.2) is 75.5 Å². The van der Waals surface area contributed by atoms with Crippen LogP contribution >= 0.6 is 0 Å². The summed E-state index contributed by atoms with van der Waals surface area (Å²) in [6, 6.07) is -0.237. The molecule has 7 heteroatoms. The van der Waals surface area contributed by atoms with Crippen LogP contribution < -0.4 is 0 Å². The highest BCUT2D eigenvalue weighted by Crippen LogP contribution is 2.26. The molecule has 7 nitrogen and oxygen atoms in total. The Morgan fingerprint density at radius 3 is 1.94 bits per heavy atom. The lowest BCUT2D eigenvalue weighted by Crippen LogP contribution is -2.57. The molecule has 0 aromatic rings. The molecule has 0 aliphatic carbocycles. The Kier molecular flexibility index (Phi) is 3.45. The van der Waals surface area contributed by atoms with Crippen molar-refractivity contribution in [2.24, 2.45) is 11.8 Å². The second-order valence-electron chi connectivity index (χ2n) is 5.11. The van der Waals surface area contributed by atoms with Gasteiger partial charge in [0, 0.05) is 19.0 Å². The summed E-state index contributed by atoms with van der Waals surface area (Å²) in [6.07, 6.45) is -1.77. The number of carboxylic acid groups (broad SMARTS) is 1. The SMILES string of the molecule is CC(C(=O)O)C1CN(C(=O)N2CC(O)C(O)C2)C1. The number of aliphatic hydroxyl groups excluding tert-OH is 2. The highest BCUT2D eigenvalue weighted by atomic mass is 16.4. The third-order valence-corrected chi connectivity index (χ3v) is 3.81. The predicted octanol–water partition coefficient (Wildman–Crippen LogP) is -1.20. The number of β-amino-alcohol motifs (C(OH)–C–C–N with tert-alkyl or cyclic N) is 2. The van der Waals surface area contributed by atoms with Gasteiger partial charge in [-0.1, -0.05) is 6.92 Å². The van der Waals surface area contributed by atoms with Crippen LogP contribution in [0.15, 0.2) is 0 Å². The zero-order valence-corrected chi connectivity index (χ0v) is 10.2. The molecule has 0 saturated carbocycles. The number of aliphatic carboxylic acids is 1. The van der Waals surface area contributed by atoms with Crippen molar-refractivity contribution in [2.75, 3.05) is 26.2 Å². The van der Waals surface area contributed by atoms with Crippen LogP contribution in [0.5, 0.6) is 0 Å². The molecule has 2 amide bonds. The van der Waals surface area contributed by atoms with Gasteiger partial charge in [-0.3, -0.25) is 4.79 Å². The molecule has 0 aromatic heterocycles. The molecule has 3 atom stereocenters. The van der Waals surface area contributed by atoms with Crippen LogP contribution in [0.3, 0.4) is 0 Å². The molecule has 102 valence electrons. The van der Waals surface area contributed by atoms with Gasteiger partial charge in [0.05, 0.1) is 31.2 Å². The Morgan fingerprint density at radius 2 is 1.50 bits per heavy atom. The van der Waals surface area contributed by atoms with E-state index in [0.29, 0.717) is 13.1 Å². The number of carbonyl (C=O) groups excluding carboxylic acids is 1. The van der Waals surface area contributed by atoms with Gasteiger partial charge >= 0.3 is 12.0 Å². The summed E-state index contributed by atoms with van der Waals surface area (Å²) in [5, 5.41) is 27.6. The molecule has 2 saturated heterocycles. The summed E-state index contributed by atoms with van der Waals surface area (Å²) in [6.45, 7) is 2.76. The maximum Gasteiger partial charge on any atom is 0.320 e. The van der Waals surface area contributed by atoms with Gasteiger partial charge in [-0.15, -0.1) is 0 Å². The van der Waals surface area contributed by atoms with Crippen LogP contribution in [0.1, 0.15) is 6.92 Å². The Labute approximate surface area is 105 Å². The molecular formula is C11H18N2O5. The van der Waals surface area contributed by atoms with Gasteiger partial charge in [-0.25, -0.2) is 4.79 Å². The number of nitrogens with zero attached hydrogens (tertiary/aromatic N) is 2. The minimum absolute atomic E-state index is 0.0103. The highest BCUT2D eigenvalue weighted by molar-refractivity contribution is 5.76. The van der Waals surface area contributed by atoms with E-state index in [9.17, 15) is 19.8 Å². The standard InChI is InChI=1S/C11H18N2O5/c1-6(10(16)17)7-2-12(3-7)11(18)13-4-8(14)9(15)5-13/h6-9,14-15H,2-5H2,1H3,(H,16,17). The van der Waals surface area contributed by atoms with Crippen molar-refractivity contribution in [3.05, 3.63) is 0 Å². The summed E-state index contributed by atoms with van der Waals surface area (Å²) in [5.41, 5.74) is 0. The molecule has 2 fully saturated rings. The molecule has 18 heavy (non-hydrogen) atoms. The Hall–Kier alpha value is -1.34. The number of likely N-dealkylation sites (tertiary alicyclic amines) is 2. The quantitative estimate of drug-likeness (QED) is 0.577. The number of urea groups is 1. The Bertz CT molecular complexity index is 345. The Balaban J connectivity index is 1.82. The Morgan fingerprint density at radius 1 is 1.06 bits per heavy atom. The minimum Gasteiger partial charge on any atom is -0.481 e. The largest absolute Gasteiger partial charge is 0.481 e.